The summed E-state index contributed by atoms with van der Waals surface area (Å²) in [5, 5.41) is 0.620. The molecule has 3 rings (SSSR count). The molecule has 0 aromatic carbocycles. The van der Waals surface area contributed by atoms with Crippen LogP contribution in [0.1, 0.15) is 43.5 Å². The number of aryl methyl sites for hydroxylation is 3. The molecule has 3 aromatic heterocycles. The van der Waals surface area contributed by atoms with Crippen molar-refractivity contribution in [2.75, 3.05) is 0 Å². The third-order valence-electron chi connectivity index (χ3n) is 4.14. The van der Waals surface area contributed by atoms with Crippen LogP contribution in [0.2, 0.25) is 0 Å². The lowest BCUT2D eigenvalue weighted by Gasteiger charge is -2.21. The van der Waals surface area contributed by atoms with E-state index >= 15 is 0 Å². The van der Waals surface area contributed by atoms with E-state index < -0.39 is 0 Å². The van der Waals surface area contributed by atoms with Crippen LogP contribution in [0.25, 0.3) is 22.3 Å². The number of hydrogen-bond donors (Lipinski definition) is 1. The van der Waals surface area contributed by atoms with Gasteiger partial charge in [0.05, 0.1) is 39.4 Å². The summed E-state index contributed by atoms with van der Waals surface area (Å²) in [5.41, 5.74) is 5.45. The van der Waals surface area contributed by atoms with Gasteiger partial charge in [0.2, 0.25) is 0 Å². The molecule has 0 saturated heterocycles. The maximum Gasteiger partial charge on any atom is 0.191 e. The normalized spacial score (nSPS) is 11.9. The van der Waals surface area contributed by atoms with Crippen molar-refractivity contribution >= 4 is 10.9 Å². The van der Waals surface area contributed by atoms with E-state index in [0.717, 1.165) is 28.3 Å². The molecule has 0 aliphatic carbocycles. The van der Waals surface area contributed by atoms with Crippen molar-refractivity contribution in [2.24, 2.45) is 0 Å². The van der Waals surface area contributed by atoms with E-state index in [0.29, 0.717) is 16.8 Å². The topological polar surface area (TPSA) is 71.5 Å². The number of pyridine rings is 2. The van der Waals surface area contributed by atoms with Crippen molar-refractivity contribution in [2.45, 2.75) is 47.0 Å². The Morgan fingerprint density at radius 2 is 1.71 bits per heavy atom. The van der Waals surface area contributed by atoms with Crippen LogP contribution < -0.4 is 5.43 Å². The molecule has 3 heterocycles. The Labute approximate surface area is 141 Å². The summed E-state index contributed by atoms with van der Waals surface area (Å²) in [4.78, 5) is 29.5. The highest BCUT2D eigenvalue weighted by molar-refractivity contribution is 5.82. The molecule has 0 atom stereocenters. The smallest absolute Gasteiger partial charge is 0.191 e. The zero-order valence-electron chi connectivity index (χ0n) is 15.0. The van der Waals surface area contributed by atoms with Gasteiger partial charge in [-0.05, 0) is 26.8 Å². The molecular weight excluding hydrogens is 300 g/mol. The van der Waals surface area contributed by atoms with Crippen LogP contribution in [0.3, 0.4) is 0 Å². The molecule has 0 aliphatic rings. The van der Waals surface area contributed by atoms with Gasteiger partial charge in [-0.15, -0.1) is 0 Å². The number of nitrogens with one attached hydrogen (secondary N) is 1. The van der Waals surface area contributed by atoms with Crippen molar-refractivity contribution in [3.8, 4) is 11.4 Å². The zero-order chi connectivity index (χ0) is 17.6. The first-order chi connectivity index (χ1) is 11.2. The monoisotopic (exact) mass is 322 g/mol. The number of H-pyrrole nitrogens is 1. The second kappa shape index (κ2) is 5.51. The summed E-state index contributed by atoms with van der Waals surface area (Å²) in [5.74, 6) is 0. The molecule has 5 nitrogen and oxygen atoms in total. The highest BCUT2D eigenvalue weighted by Crippen LogP contribution is 2.27. The Morgan fingerprint density at radius 1 is 1.00 bits per heavy atom. The zero-order valence-corrected chi connectivity index (χ0v) is 15.0. The summed E-state index contributed by atoms with van der Waals surface area (Å²) < 4.78 is 0. The van der Waals surface area contributed by atoms with Gasteiger partial charge in [-0.25, -0.2) is 4.98 Å². The maximum absolute atomic E-state index is 12.5. The van der Waals surface area contributed by atoms with E-state index in [9.17, 15) is 4.79 Å². The predicted octanol–water partition coefficient (Wildman–Crippen LogP) is 3.60. The first-order valence-electron chi connectivity index (χ1n) is 8.03. The molecule has 124 valence electrons. The highest BCUT2D eigenvalue weighted by atomic mass is 16.1. The van der Waals surface area contributed by atoms with E-state index in [1.54, 1.807) is 12.3 Å². The Morgan fingerprint density at radius 3 is 2.38 bits per heavy atom. The quantitative estimate of drug-likeness (QED) is 0.743. The summed E-state index contributed by atoms with van der Waals surface area (Å²) in [6, 6.07) is 3.40. The number of aromatic nitrogens is 4. The van der Waals surface area contributed by atoms with Gasteiger partial charge in [0.1, 0.15) is 5.69 Å². The summed E-state index contributed by atoms with van der Waals surface area (Å²) in [6.07, 6.45) is 1.70. The molecular formula is C19H22N4O. The lowest BCUT2D eigenvalue weighted by molar-refractivity contribution is 0.558. The van der Waals surface area contributed by atoms with Gasteiger partial charge in [0.15, 0.2) is 5.43 Å². The van der Waals surface area contributed by atoms with Crippen molar-refractivity contribution in [3.05, 3.63) is 51.3 Å². The average Bonchev–Trinajstić information content (AvgIpc) is 2.47. The first kappa shape index (κ1) is 16.3. The van der Waals surface area contributed by atoms with Crippen LogP contribution in [-0.4, -0.2) is 19.9 Å². The summed E-state index contributed by atoms with van der Waals surface area (Å²) in [7, 11) is 0. The Balaban J connectivity index is 2.25. The van der Waals surface area contributed by atoms with Gasteiger partial charge in [0, 0.05) is 17.7 Å². The van der Waals surface area contributed by atoms with Gasteiger partial charge in [0.25, 0.3) is 0 Å². The van der Waals surface area contributed by atoms with Crippen LogP contribution in [0.4, 0.5) is 0 Å². The number of hydrogen-bond acceptors (Lipinski definition) is 4. The van der Waals surface area contributed by atoms with Crippen LogP contribution in [0, 0.1) is 20.8 Å². The van der Waals surface area contributed by atoms with Crippen molar-refractivity contribution < 1.29 is 0 Å². The predicted molar refractivity (Wildman–Crippen MR) is 96.3 cm³/mol. The third kappa shape index (κ3) is 2.70. The molecule has 1 N–H and O–H groups in total. The fourth-order valence-corrected chi connectivity index (χ4v) is 3.06. The molecule has 0 amide bonds. The van der Waals surface area contributed by atoms with Gasteiger partial charge in [-0.2, -0.15) is 0 Å². The fraction of sp³-hybridized carbons (Fsp3) is 0.368. The second-order valence-electron chi connectivity index (χ2n) is 7.21. The summed E-state index contributed by atoms with van der Waals surface area (Å²) in [6.45, 7) is 12.1. The van der Waals surface area contributed by atoms with Gasteiger partial charge < -0.3 is 4.98 Å². The standard InChI is InChI=1S/C19H22N4O/c1-10-16-13(7-8-20-10)23-14(9-15(16)24)17-11(2)22-18(12(3)21-17)19(4,5)6/h7-9H,1-6H3,(H,23,24). The lowest BCUT2D eigenvalue weighted by Crippen LogP contribution is -2.18. The molecule has 24 heavy (non-hydrogen) atoms. The highest BCUT2D eigenvalue weighted by Gasteiger charge is 2.21. The minimum atomic E-state index is -0.0695. The van der Waals surface area contributed by atoms with Crippen LogP contribution >= 0.6 is 0 Å². The van der Waals surface area contributed by atoms with Gasteiger partial charge >= 0.3 is 0 Å². The Bertz CT molecular complexity index is 997. The van der Waals surface area contributed by atoms with E-state index in [1.165, 1.54) is 0 Å². The molecule has 0 radical (unpaired) electrons. The van der Waals surface area contributed by atoms with Crippen LogP contribution in [-0.2, 0) is 5.41 Å². The van der Waals surface area contributed by atoms with E-state index in [-0.39, 0.29) is 10.8 Å². The summed E-state index contributed by atoms with van der Waals surface area (Å²) >= 11 is 0. The average molecular weight is 322 g/mol. The SMILES string of the molecule is Cc1nc(C(C)(C)C)c(C)nc1-c1cc(=O)c2c(C)nccc2[nH]1. The van der Waals surface area contributed by atoms with E-state index in [1.807, 2.05) is 26.8 Å². The largest absolute Gasteiger partial charge is 0.353 e. The molecule has 0 fully saturated rings. The molecule has 0 spiro atoms. The fourth-order valence-electron chi connectivity index (χ4n) is 3.06. The molecule has 3 aromatic rings. The Hall–Kier alpha value is -2.56. The molecule has 0 aliphatic heterocycles. The minimum absolute atomic E-state index is 0.0527. The van der Waals surface area contributed by atoms with Crippen LogP contribution in [0.15, 0.2) is 23.1 Å². The van der Waals surface area contributed by atoms with Crippen molar-refractivity contribution in [1.82, 2.24) is 19.9 Å². The van der Waals surface area contributed by atoms with E-state index in [4.69, 9.17) is 9.97 Å². The number of rotatable bonds is 1. The van der Waals surface area contributed by atoms with Crippen LogP contribution in [0.5, 0.6) is 0 Å². The van der Waals surface area contributed by atoms with Gasteiger partial charge in [-0.3, -0.25) is 14.8 Å². The Kier molecular flexibility index (Phi) is 3.74. The minimum Gasteiger partial charge on any atom is -0.353 e. The number of nitrogens with zero attached hydrogens (tertiary/aromatic N) is 3. The number of fused-ring (bicyclic) bond motifs is 1. The van der Waals surface area contributed by atoms with Gasteiger partial charge in [-0.1, -0.05) is 20.8 Å². The third-order valence-corrected chi connectivity index (χ3v) is 4.14. The second-order valence-corrected chi connectivity index (χ2v) is 7.21. The maximum atomic E-state index is 12.5. The lowest BCUT2D eigenvalue weighted by atomic mass is 9.90. The van der Waals surface area contributed by atoms with Crippen molar-refractivity contribution in [3.63, 3.8) is 0 Å². The number of aromatic amines is 1. The molecule has 0 bridgehead atoms. The molecule has 5 heteroatoms. The molecule has 0 unspecified atom stereocenters. The van der Waals surface area contributed by atoms with Crippen molar-refractivity contribution in [1.29, 1.82) is 0 Å². The van der Waals surface area contributed by atoms with E-state index in [2.05, 4.69) is 30.7 Å². The first-order valence-corrected chi connectivity index (χ1v) is 8.03. The molecule has 0 saturated carbocycles.